The minimum absolute atomic E-state index is 0.0765. The zero-order valence-electron chi connectivity index (χ0n) is 10.8. The van der Waals surface area contributed by atoms with Gasteiger partial charge < -0.3 is 10.6 Å². The molecule has 1 aliphatic rings. The van der Waals surface area contributed by atoms with E-state index in [1.54, 1.807) is 0 Å². The number of amides is 1. The first-order valence-electron chi connectivity index (χ1n) is 6.34. The van der Waals surface area contributed by atoms with Crippen LogP contribution in [0.15, 0.2) is 36.4 Å². The summed E-state index contributed by atoms with van der Waals surface area (Å²) in [6.45, 7) is 0.502. The molecule has 3 nitrogen and oxygen atoms in total. The summed E-state index contributed by atoms with van der Waals surface area (Å²) >= 11 is 11.9. The summed E-state index contributed by atoms with van der Waals surface area (Å²) in [6.07, 6.45) is 0. The third kappa shape index (κ3) is 2.69. The van der Waals surface area contributed by atoms with Crippen LogP contribution < -0.4 is 10.6 Å². The number of nitrogens with one attached hydrogen (secondary N) is 2. The van der Waals surface area contributed by atoms with Crippen LogP contribution in [0.5, 0.6) is 0 Å². The van der Waals surface area contributed by atoms with Crippen molar-refractivity contribution in [2.45, 2.75) is 5.92 Å². The molecule has 2 N–H and O–H groups in total. The lowest BCUT2D eigenvalue weighted by Gasteiger charge is -2.13. The van der Waals surface area contributed by atoms with Crippen molar-refractivity contribution < 1.29 is 9.18 Å². The van der Waals surface area contributed by atoms with Gasteiger partial charge in [-0.2, -0.15) is 0 Å². The topological polar surface area (TPSA) is 41.1 Å². The smallest absolute Gasteiger partial charge is 0.233 e. The summed E-state index contributed by atoms with van der Waals surface area (Å²) in [5.41, 5.74) is 2.09. The van der Waals surface area contributed by atoms with Crippen LogP contribution >= 0.6 is 23.2 Å². The number of hydrogen-bond donors (Lipinski definition) is 2. The molecule has 2 aromatic rings. The zero-order valence-corrected chi connectivity index (χ0v) is 12.3. The molecule has 0 bridgehead atoms. The molecule has 1 atom stereocenters. The Bertz CT molecular complexity index is 698. The molecule has 0 saturated heterocycles. The SMILES string of the molecule is O=C(Nc1c(Cl)cc(F)cc1Cl)C1CNc2ccccc21. The lowest BCUT2D eigenvalue weighted by atomic mass is 10.0. The Kier molecular flexibility index (Phi) is 3.74. The fourth-order valence-corrected chi connectivity index (χ4v) is 2.94. The average molecular weight is 325 g/mol. The summed E-state index contributed by atoms with van der Waals surface area (Å²) < 4.78 is 13.2. The van der Waals surface area contributed by atoms with Gasteiger partial charge in [0.25, 0.3) is 0 Å². The molecule has 0 saturated carbocycles. The van der Waals surface area contributed by atoms with E-state index in [2.05, 4.69) is 10.6 Å². The lowest BCUT2D eigenvalue weighted by Crippen LogP contribution is -2.22. The van der Waals surface area contributed by atoms with Crippen molar-refractivity contribution in [3.05, 3.63) is 57.8 Å². The molecule has 3 rings (SSSR count). The van der Waals surface area contributed by atoms with Crippen LogP contribution in [-0.2, 0) is 4.79 Å². The minimum Gasteiger partial charge on any atom is -0.384 e. The molecule has 21 heavy (non-hydrogen) atoms. The zero-order chi connectivity index (χ0) is 15.0. The summed E-state index contributed by atoms with van der Waals surface area (Å²) in [5, 5.41) is 6.00. The second kappa shape index (κ2) is 5.54. The van der Waals surface area contributed by atoms with Crippen LogP contribution in [0, 0.1) is 5.82 Å². The number of hydrogen-bond acceptors (Lipinski definition) is 2. The van der Waals surface area contributed by atoms with Gasteiger partial charge in [0.1, 0.15) is 5.82 Å². The van der Waals surface area contributed by atoms with E-state index < -0.39 is 5.82 Å². The molecule has 1 heterocycles. The largest absolute Gasteiger partial charge is 0.384 e. The van der Waals surface area contributed by atoms with Crippen molar-refractivity contribution >= 4 is 40.5 Å². The number of fused-ring (bicyclic) bond motifs is 1. The van der Waals surface area contributed by atoms with Crippen LogP contribution in [0.25, 0.3) is 0 Å². The van der Waals surface area contributed by atoms with Gasteiger partial charge in [0.15, 0.2) is 0 Å². The fraction of sp³-hybridized carbons (Fsp3) is 0.133. The molecule has 108 valence electrons. The van der Waals surface area contributed by atoms with Gasteiger partial charge in [0.05, 0.1) is 21.7 Å². The molecule has 6 heteroatoms. The molecule has 1 amide bonds. The van der Waals surface area contributed by atoms with Gasteiger partial charge in [-0.15, -0.1) is 0 Å². The maximum atomic E-state index is 13.2. The van der Waals surface area contributed by atoms with Gasteiger partial charge in [-0.25, -0.2) is 4.39 Å². The van der Waals surface area contributed by atoms with E-state index in [0.29, 0.717) is 6.54 Å². The number of rotatable bonds is 2. The molecule has 0 spiro atoms. The molecule has 0 aliphatic carbocycles. The number of carbonyl (C=O) groups excluding carboxylic acids is 1. The van der Waals surface area contributed by atoms with E-state index in [-0.39, 0.29) is 27.6 Å². The van der Waals surface area contributed by atoms with E-state index in [4.69, 9.17) is 23.2 Å². The maximum Gasteiger partial charge on any atom is 0.233 e. The van der Waals surface area contributed by atoms with E-state index in [9.17, 15) is 9.18 Å². The van der Waals surface area contributed by atoms with Gasteiger partial charge in [-0.1, -0.05) is 41.4 Å². The Balaban J connectivity index is 1.86. The first-order chi connectivity index (χ1) is 10.1. The third-order valence-electron chi connectivity index (χ3n) is 3.40. The van der Waals surface area contributed by atoms with Crippen molar-refractivity contribution in [2.75, 3.05) is 17.2 Å². The Morgan fingerprint density at radius 1 is 1.24 bits per heavy atom. The highest BCUT2D eigenvalue weighted by Gasteiger charge is 2.28. The van der Waals surface area contributed by atoms with Crippen molar-refractivity contribution in [3.8, 4) is 0 Å². The Morgan fingerprint density at radius 2 is 1.90 bits per heavy atom. The highest BCUT2D eigenvalue weighted by molar-refractivity contribution is 6.39. The number of para-hydroxylation sites is 1. The van der Waals surface area contributed by atoms with Crippen molar-refractivity contribution in [1.29, 1.82) is 0 Å². The fourth-order valence-electron chi connectivity index (χ4n) is 2.39. The highest BCUT2D eigenvalue weighted by atomic mass is 35.5. The van der Waals surface area contributed by atoms with E-state index >= 15 is 0 Å². The number of anilines is 2. The molecule has 0 aromatic heterocycles. The first kappa shape index (κ1) is 14.2. The second-order valence-electron chi connectivity index (χ2n) is 4.75. The predicted octanol–water partition coefficient (Wildman–Crippen LogP) is 4.28. The summed E-state index contributed by atoms with van der Waals surface area (Å²) in [6, 6.07) is 9.82. The Labute approximate surface area is 131 Å². The monoisotopic (exact) mass is 324 g/mol. The molecule has 1 unspecified atom stereocenters. The minimum atomic E-state index is -0.545. The molecule has 0 radical (unpaired) electrons. The van der Waals surface area contributed by atoms with Crippen LogP contribution in [0.3, 0.4) is 0 Å². The second-order valence-corrected chi connectivity index (χ2v) is 5.57. The maximum absolute atomic E-state index is 13.2. The number of carbonyl (C=O) groups is 1. The van der Waals surface area contributed by atoms with Gasteiger partial charge >= 0.3 is 0 Å². The van der Waals surface area contributed by atoms with Crippen LogP contribution in [0.1, 0.15) is 11.5 Å². The van der Waals surface area contributed by atoms with Gasteiger partial charge in [-0.3, -0.25) is 4.79 Å². The highest BCUT2D eigenvalue weighted by Crippen LogP contribution is 2.35. The third-order valence-corrected chi connectivity index (χ3v) is 4.00. The van der Waals surface area contributed by atoms with Gasteiger partial charge in [0, 0.05) is 12.2 Å². The number of benzene rings is 2. The first-order valence-corrected chi connectivity index (χ1v) is 7.10. The molecule has 0 fully saturated rings. The van der Waals surface area contributed by atoms with Crippen molar-refractivity contribution in [3.63, 3.8) is 0 Å². The average Bonchev–Trinajstić information content (AvgIpc) is 2.86. The normalized spacial score (nSPS) is 16.2. The van der Waals surface area contributed by atoms with Crippen LogP contribution in [0.2, 0.25) is 10.0 Å². The van der Waals surface area contributed by atoms with Crippen molar-refractivity contribution in [1.82, 2.24) is 0 Å². The summed E-state index contributed by atoms with van der Waals surface area (Å²) in [4.78, 5) is 12.4. The quantitative estimate of drug-likeness (QED) is 0.865. The van der Waals surface area contributed by atoms with Gasteiger partial charge in [0.2, 0.25) is 5.91 Å². The molecule has 1 aliphatic heterocycles. The van der Waals surface area contributed by atoms with E-state index in [0.717, 1.165) is 23.4 Å². The Morgan fingerprint density at radius 3 is 2.62 bits per heavy atom. The van der Waals surface area contributed by atoms with Crippen molar-refractivity contribution in [2.24, 2.45) is 0 Å². The Hall–Kier alpha value is -1.78. The standard InChI is InChI=1S/C15H11Cl2FN2O/c16-11-5-8(18)6-12(17)14(11)20-15(21)10-7-19-13-4-2-1-3-9(10)13/h1-6,10,19H,7H2,(H,20,21). The van der Waals surface area contributed by atoms with Gasteiger partial charge in [-0.05, 0) is 23.8 Å². The lowest BCUT2D eigenvalue weighted by molar-refractivity contribution is -0.117. The predicted molar refractivity (Wildman–Crippen MR) is 82.7 cm³/mol. The summed E-state index contributed by atoms with van der Waals surface area (Å²) in [5.74, 6) is -1.11. The van der Waals surface area contributed by atoms with E-state index in [1.165, 1.54) is 0 Å². The number of halogens is 3. The summed E-state index contributed by atoms with van der Waals surface area (Å²) in [7, 11) is 0. The van der Waals surface area contributed by atoms with E-state index in [1.807, 2.05) is 24.3 Å². The van der Waals surface area contributed by atoms with Crippen LogP contribution in [0.4, 0.5) is 15.8 Å². The molecular weight excluding hydrogens is 314 g/mol. The molecule has 2 aromatic carbocycles. The molecular formula is C15H11Cl2FN2O. The van der Waals surface area contributed by atoms with Crippen LogP contribution in [-0.4, -0.2) is 12.5 Å².